The number of aromatic nitrogens is 3. The monoisotopic (exact) mass is 417 g/mol. The molecule has 0 aliphatic heterocycles. The molecule has 0 spiro atoms. The molecule has 0 radical (unpaired) electrons. The van der Waals surface area contributed by atoms with Crippen molar-refractivity contribution in [1.29, 1.82) is 0 Å². The van der Waals surface area contributed by atoms with E-state index >= 15 is 0 Å². The quantitative estimate of drug-likeness (QED) is 0.586. The standard InChI is InChI=1S/C17H15N5O6S/c1-27-14-11-7-5-9-18-13(11)19-16(20-14)21-17(24)22-29(25,26)12-8-4-3-6-10(12)15(23)28-2/h3-9H,1-2H3,(H2,18,19,20,21,22,24). The summed E-state index contributed by atoms with van der Waals surface area (Å²) in [5, 5.41) is 2.72. The number of nitrogens with one attached hydrogen (secondary N) is 2. The summed E-state index contributed by atoms with van der Waals surface area (Å²) in [7, 11) is -1.89. The first kappa shape index (κ1) is 19.9. The van der Waals surface area contributed by atoms with Gasteiger partial charge in [-0.25, -0.2) is 27.7 Å². The molecule has 1 aromatic carbocycles. The van der Waals surface area contributed by atoms with Crippen LogP contribution >= 0.6 is 0 Å². The minimum Gasteiger partial charge on any atom is -0.480 e. The van der Waals surface area contributed by atoms with Crippen LogP contribution in [0.5, 0.6) is 5.88 Å². The number of methoxy groups -OCH3 is 2. The second-order valence-electron chi connectivity index (χ2n) is 5.48. The van der Waals surface area contributed by atoms with Gasteiger partial charge < -0.3 is 9.47 Å². The van der Waals surface area contributed by atoms with Crippen LogP contribution in [0.15, 0.2) is 47.5 Å². The third-order valence-electron chi connectivity index (χ3n) is 3.66. The predicted octanol–water partition coefficient (Wildman–Crippen LogP) is 1.33. The summed E-state index contributed by atoms with van der Waals surface area (Å²) in [5.41, 5.74) is 0.0247. The van der Waals surface area contributed by atoms with E-state index in [1.807, 2.05) is 0 Å². The lowest BCUT2D eigenvalue weighted by molar-refractivity contribution is 0.0596. The van der Waals surface area contributed by atoms with E-state index in [2.05, 4.69) is 25.0 Å². The third-order valence-corrected chi connectivity index (χ3v) is 5.05. The maximum atomic E-state index is 12.6. The van der Waals surface area contributed by atoms with Gasteiger partial charge in [0.05, 0.1) is 25.2 Å². The van der Waals surface area contributed by atoms with Crippen molar-refractivity contribution < 1.29 is 27.5 Å². The lowest BCUT2D eigenvalue weighted by Gasteiger charge is -2.11. The number of carbonyl (C=O) groups is 2. The molecule has 150 valence electrons. The fourth-order valence-corrected chi connectivity index (χ4v) is 3.53. The molecule has 0 atom stereocenters. The molecule has 0 aliphatic rings. The van der Waals surface area contributed by atoms with E-state index < -0.39 is 26.9 Å². The van der Waals surface area contributed by atoms with Crippen LogP contribution in [-0.4, -0.2) is 49.6 Å². The Morgan fingerprint density at radius 1 is 1.03 bits per heavy atom. The first-order valence-electron chi connectivity index (χ1n) is 8.03. The minimum absolute atomic E-state index is 0.150. The van der Waals surface area contributed by atoms with Crippen molar-refractivity contribution >= 4 is 39.0 Å². The molecule has 0 unspecified atom stereocenters. The molecular formula is C17H15N5O6S. The van der Waals surface area contributed by atoms with Crippen LogP contribution in [0.2, 0.25) is 0 Å². The van der Waals surface area contributed by atoms with Crippen molar-refractivity contribution in [2.75, 3.05) is 19.5 Å². The van der Waals surface area contributed by atoms with Gasteiger partial charge in [-0.2, -0.15) is 9.97 Å². The summed E-state index contributed by atoms with van der Waals surface area (Å²) < 4.78 is 36.6. The van der Waals surface area contributed by atoms with E-state index in [-0.39, 0.29) is 23.0 Å². The highest BCUT2D eigenvalue weighted by molar-refractivity contribution is 7.90. The highest BCUT2D eigenvalue weighted by Gasteiger charge is 2.25. The Balaban J connectivity index is 1.86. The molecule has 11 nitrogen and oxygen atoms in total. The van der Waals surface area contributed by atoms with Gasteiger partial charge in [0.2, 0.25) is 11.8 Å². The molecule has 29 heavy (non-hydrogen) atoms. The summed E-state index contributed by atoms with van der Waals surface area (Å²) in [6.45, 7) is 0. The van der Waals surface area contributed by atoms with Crippen LogP contribution in [-0.2, 0) is 14.8 Å². The second kappa shape index (κ2) is 8.06. The maximum absolute atomic E-state index is 12.6. The molecule has 0 fully saturated rings. The highest BCUT2D eigenvalue weighted by atomic mass is 32.2. The number of hydrogen-bond donors (Lipinski definition) is 2. The number of benzene rings is 1. The average molecular weight is 417 g/mol. The van der Waals surface area contributed by atoms with Gasteiger partial charge >= 0.3 is 12.0 Å². The molecule has 3 rings (SSSR count). The van der Waals surface area contributed by atoms with Gasteiger partial charge in [0.25, 0.3) is 10.0 Å². The first-order chi connectivity index (χ1) is 13.9. The van der Waals surface area contributed by atoms with Crippen LogP contribution in [0.25, 0.3) is 11.0 Å². The van der Waals surface area contributed by atoms with Gasteiger partial charge in [0, 0.05) is 6.20 Å². The van der Waals surface area contributed by atoms with Crippen LogP contribution in [0.4, 0.5) is 10.7 Å². The van der Waals surface area contributed by atoms with Crippen molar-refractivity contribution in [3.63, 3.8) is 0 Å². The van der Waals surface area contributed by atoms with Crippen molar-refractivity contribution in [2.45, 2.75) is 4.90 Å². The summed E-state index contributed by atoms with van der Waals surface area (Å²) >= 11 is 0. The normalized spacial score (nSPS) is 11.0. The Kier molecular flexibility index (Phi) is 5.54. The highest BCUT2D eigenvalue weighted by Crippen LogP contribution is 2.22. The molecule has 2 heterocycles. The molecule has 0 saturated carbocycles. The zero-order chi connectivity index (χ0) is 21.0. The Bertz CT molecular complexity index is 1200. The SMILES string of the molecule is COC(=O)c1ccccc1S(=O)(=O)NC(=O)Nc1nc(OC)c2cccnc2n1. The Hall–Kier alpha value is -3.80. The predicted molar refractivity (Wildman–Crippen MR) is 101 cm³/mol. The van der Waals surface area contributed by atoms with Gasteiger partial charge in [-0.15, -0.1) is 0 Å². The number of pyridine rings is 1. The summed E-state index contributed by atoms with van der Waals surface area (Å²) in [6.07, 6.45) is 1.49. The minimum atomic E-state index is -4.39. The average Bonchev–Trinajstić information content (AvgIpc) is 2.72. The van der Waals surface area contributed by atoms with Crippen molar-refractivity contribution in [3.05, 3.63) is 48.2 Å². The van der Waals surface area contributed by atoms with E-state index in [9.17, 15) is 18.0 Å². The number of sulfonamides is 1. The topological polar surface area (TPSA) is 149 Å². The number of amides is 2. The molecule has 3 aromatic rings. The largest absolute Gasteiger partial charge is 0.480 e. The van der Waals surface area contributed by atoms with Crippen molar-refractivity contribution in [1.82, 2.24) is 19.7 Å². The molecule has 0 saturated heterocycles. The molecule has 2 amide bonds. The lowest BCUT2D eigenvalue weighted by Crippen LogP contribution is -2.35. The van der Waals surface area contributed by atoms with Crippen LogP contribution < -0.4 is 14.8 Å². The van der Waals surface area contributed by atoms with Crippen LogP contribution in [0.3, 0.4) is 0 Å². The number of esters is 1. The Morgan fingerprint density at radius 2 is 1.79 bits per heavy atom. The Morgan fingerprint density at radius 3 is 2.52 bits per heavy atom. The van der Waals surface area contributed by atoms with Gasteiger partial charge in [-0.05, 0) is 24.3 Å². The molecule has 12 heteroatoms. The molecular weight excluding hydrogens is 402 g/mol. The van der Waals surface area contributed by atoms with E-state index in [0.29, 0.717) is 5.39 Å². The second-order valence-corrected chi connectivity index (χ2v) is 7.13. The van der Waals surface area contributed by atoms with Crippen LogP contribution in [0, 0.1) is 0 Å². The Labute approximate surface area is 165 Å². The number of carbonyl (C=O) groups excluding carboxylic acids is 2. The number of hydrogen-bond acceptors (Lipinski definition) is 9. The molecule has 2 N–H and O–H groups in total. The number of nitrogens with zero attached hydrogens (tertiary/aromatic N) is 3. The third kappa shape index (κ3) is 4.21. The maximum Gasteiger partial charge on any atom is 0.339 e. The number of urea groups is 1. The van der Waals surface area contributed by atoms with Gasteiger partial charge in [-0.1, -0.05) is 12.1 Å². The zero-order valence-electron chi connectivity index (χ0n) is 15.2. The van der Waals surface area contributed by atoms with Gasteiger partial charge in [0.1, 0.15) is 4.90 Å². The zero-order valence-corrected chi connectivity index (χ0v) is 16.1. The number of rotatable bonds is 5. The summed E-state index contributed by atoms with van der Waals surface area (Å²) in [4.78, 5) is 35.7. The number of anilines is 1. The van der Waals surface area contributed by atoms with Crippen molar-refractivity contribution in [3.8, 4) is 5.88 Å². The van der Waals surface area contributed by atoms with E-state index in [4.69, 9.17) is 4.74 Å². The number of ether oxygens (including phenoxy) is 2. The molecule has 0 bridgehead atoms. The fourth-order valence-electron chi connectivity index (χ4n) is 2.43. The number of fused-ring (bicyclic) bond motifs is 1. The van der Waals surface area contributed by atoms with Crippen LogP contribution in [0.1, 0.15) is 10.4 Å². The fraction of sp³-hybridized carbons (Fsp3) is 0.118. The van der Waals surface area contributed by atoms with E-state index in [0.717, 1.165) is 7.11 Å². The molecule has 0 aliphatic carbocycles. The van der Waals surface area contributed by atoms with E-state index in [1.54, 1.807) is 16.9 Å². The summed E-state index contributed by atoms with van der Waals surface area (Å²) in [5.74, 6) is -0.931. The van der Waals surface area contributed by atoms with E-state index in [1.165, 1.54) is 37.6 Å². The van der Waals surface area contributed by atoms with Gasteiger partial charge in [0.15, 0.2) is 5.65 Å². The first-order valence-corrected chi connectivity index (χ1v) is 9.52. The lowest BCUT2D eigenvalue weighted by atomic mass is 10.2. The molecule has 2 aromatic heterocycles. The van der Waals surface area contributed by atoms with Gasteiger partial charge in [-0.3, -0.25) is 5.32 Å². The van der Waals surface area contributed by atoms with Crippen molar-refractivity contribution in [2.24, 2.45) is 0 Å². The summed E-state index contributed by atoms with van der Waals surface area (Å²) in [6, 6.07) is 7.51. The smallest absolute Gasteiger partial charge is 0.339 e.